The number of methoxy groups -OCH3 is 1. The SMILES string of the molecule is CCOc1cc(Cl)c(C(Br)c2cc(OC)cs2)cc1Cl. The molecule has 108 valence electrons. The summed E-state index contributed by atoms with van der Waals surface area (Å²) in [5.41, 5.74) is 0.907. The molecule has 0 radical (unpaired) electrons. The summed E-state index contributed by atoms with van der Waals surface area (Å²) in [4.78, 5) is 1.07. The van der Waals surface area contributed by atoms with Gasteiger partial charge in [-0.2, -0.15) is 0 Å². The second kappa shape index (κ2) is 7.03. The number of rotatable bonds is 5. The number of thiophene rings is 1. The van der Waals surface area contributed by atoms with Gasteiger partial charge in [0.15, 0.2) is 0 Å². The lowest BCUT2D eigenvalue weighted by atomic mass is 10.1. The van der Waals surface area contributed by atoms with Gasteiger partial charge in [-0.05, 0) is 24.6 Å². The lowest BCUT2D eigenvalue weighted by Gasteiger charge is -2.13. The summed E-state index contributed by atoms with van der Waals surface area (Å²) in [7, 11) is 1.65. The zero-order chi connectivity index (χ0) is 14.7. The van der Waals surface area contributed by atoms with Crippen molar-refractivity contribution in [2.24, 2.45) is 0 Å². The van der Waals surface area contributed by atoms with Crippen molar-refractivity contribution in [3.8, 4) is 11.5 Å². The summed E-state index contributed by atoms with van der Waals surface area (Å²) in [6, 6.07) is 5.56. The Hall–Kier alpha value is -0.420. The number of benzene rings is 1. The third-order valence-electron chi connectivity index (χ3n) is 2.71. The molecule has 0 bridgehead atoms. The zero-order valence-corrected chi connectivity index (χ0v) is 14.9. The van der Waals surface area contributed by atoms with Gasteiger partial charge in [0.25, 0.3) is 0 Å². The molecule has 0 fully saturated rings. The van der Waals surface area contributed by atoms with Gasteiger partial charge in [-0.1, -0.05) is 39.1 Å². The number of hydrogen-bond acceptors (Lipinski definition) is 3. The Morgan fingerprint density at radius 1 is 1.25 bits per heavy atom. The van der Waals surface area contributed by atoms with Gasteiger partial charge in [-0.15, -0.1) is 11.3 Å². The van der Waals surface area contributed by atoms with Crippen molar-refractivity contribution < 1.29 is 9.47 Å². The van der Waals surface area contributed by atoms with Gasteiger partial charge in [0.1, 0.15) is 11.5 Å². The lowest BCUT2D eigenvalue weighted by Crippen LogP contribution is -1.96. The van der Waals surface area contributed by atoms with Crippen LogP contribution in [0.4, 0.5) is 0 Å². The maximum absolute atomic E-state index is 6.33. The molecule has 1 aromatic carbocycles. The first-order chi connectivity index (χ1) is 9.56. The van der Waals surface area contributed by atoms with Crippen LogP contribution in [0.2, 0.25) is 10.0 Å². The van der Waals surface area contributed by atoms with Crippen molar-refractivity contribution in [3.05, 3.63) is 44.1 Å². The molecule has 0 N–H and O–H groups in total. The highest BCUT2D eigenvalue weighted by Crippen LogP contribution is 2.42. The second-order valence-corrected chi connectivity index (χ2v) is 6.66. The quantitative estimate of drug-likeness (QED) is 0.582. The fourth-order valence-electron chi connectivity index (χ4n) is 1.73. The number of ether oxygens (including phenoxy) is 2. The molecule has 0 spiro atoms. The van der Waals surface area contributed by atoms with Crippen molar-refractivity contribution >= 4 is 50.5 Å². The van der Waals surface area contributed by atoms with Gasteiger partial charge in [0.2, 0.25) is 0 Å². The van der Waals surface area contributed by atoms with E-state index in [1.54, 1.807) is 24.5 Å². The van der Waals surface area contributed by atoms with Crippen LogP contribution >= 0.6 is 50.5 Å². The normalized spacial score (nSPS) is 12.2. The maximum Gasteiger partial charge on any atom is 0.139 e. The Morgan fingerprint density at radius 3 is 2.60 bits per heavy atom. The molecule has 0 saturated heterocycles. The van der Waals surface area contributed by atoms with Crippen LogP contribution in [0.25, 0.3) is 0 Å². The molecule has 1 heterocycles. The molecular formula is C14H13BrCl2O2S. The molecule has 0 amide bonds. The molecule has 0 aliphatic carbocycles. The van der Waals surface area contributed by atoms with Gasteiger partial charge in [0, 0.05) is 21.3 Å². The molecule has 2 aromatic rings. The summed E-state index contributed by atoms with van der Waals surface area (Å²) in [6.45, 7) is 2.46. The highest BCUT2D eigenvalue weighted by Gasteiger charge is 2.18. The molecule has 2 rings (SSSR count). The van der Waals surface area contributed by atoms with Gasteiger partial charge in [0.05, 0.1) is 23.6 Å². The Labute approximate surface area is 140 Å². The van der Waals surface area contributed by atoms with Gasteiger partial charge in [-0.25, -0.2) is 0 Å². The van der Waals surface area contributed by atoms with Crippen molar-refractivity contribution in [1.29, 1.82) is 0 Å². The first-order valence-electron chi connectivity index (χ1n) is 5.95. The zero-order valence-electron chi connectivity index (χ0n) is 11.0. The van der Waals surface area contributed by atoms with E-state index in [-0.39, 0.29) is 4.83 Å². The first kappa shape index (κ1) is 16.0. The van der Waals surface area contributed by atoms with Crippen LogP contribution in [0.3, 0.4) is 0 Å². The van der Waals surface area contributed by atoms with Crippen molar-refractivity contribution in [2.75, 3.05) is 13.7 Å². The van der Waals surface area contributed by atoms with Crippen molar-refractivity contribution in [2.45, 2.75) is 11.8 Å². The minimum atomic E-state index is -0.0305. The number of alkyl halides is 1. The lowest BCUT2D eigenvalue weighted by molar-refractivity contribution is 0.340. The predicted molar refractivity (Wildman–Crippen MR) is 89.3 cm³/mol. The minimum absolute atomic E-state index is 0.0305. The van der Waals surface area contributed by atoms with Crippen LogP contribution in [-0.4, -0.2) is 13.7 Å². The number of hydrogen-bond donors (Lipinski definition) is 0. The van der Waals surface area contributed by atoms with Crippen LogP contribution < -0.4 is 9.47 Å². The average Bonchev–Trinajstić information content (AvgIpc) is 2.91. The third-order valence-corrected chi connectivity index (χ3v) is 5.59. The van der Waals surface area contributed by atoms with E-state index < -0.39 is 0 Å². The standard InChI is InChI=1S/C14H13BrCl2O2S/c1-3-19-12-6-10(16)9(5-11(12)17)14(15)13-4-8(18-2)7-20-13/h4-7,14H,3H2,1-2H3. The predicted octanol–water partition coefficient (Wildman–Crippen LogP) is 5.95. The monoisotopic (exact) mass is 394 g/mol. The first-order valence-corrected chi connectivity index (χ1v) is 8.50. The van der Waals surface area contributed by atoms with Gasteiger partial charge < -0.3 is 9.47 Å². The molecule has 0 aliphatic rings. The fraction of sp³-hybridized carbons (Fsp3) is 0.286. The second-order valence-electron chi connectivity index (χ2n) is 3.99. The van der Waals surface area contributed by atoms with Gasteiger partial charge >= 0.3 is 0 Å². The average molecular weight is 396 g/mol. The van der Waals surface area contributed by atoms with Crippen LogP contribution in [0.15, 0.2) is 23.6 Å². The maximum atomic E-state index is 6.33. The van der Waals surface area contributed by atoms with Crippen molar-refractivity contribution in [3.63, 3.8) is 0 Å². The van der Waals surface area contributed by atoms with Gasteiger partial charge in [-0.3, -0.25) is 0 Å². The fourth-order valence-corrected chi connectivity index (χ4v) is 4.03. The summed E-state index contributed by atoms with van der Waals surface area (Å²) >= 11 is 17.8. The Bertz CT molecular complexity index is 601. The smallest absolute Gasteiger partial charge is 0.139 e. The van der Waals surface area contributed by atoms with Crippen LogP contribution in [0.5, 0.6) is 11.5 Å². The van der Waals surface area contributed by atoms with E-state index in [9.17, 15) is 0 Å². The highest BCUT2D eigenvalue weighted by molar-refractivity contribution is 9.09. The molecule has 1 atom stereocenters. The van der Waals surface area contributed by atoms with E-state index in [1.807, 2.05) is 24.4 Å². The minimum Gasteiger partial charge on any atom is -0.496 e. The molecule has 1 unspecified atom stereocenters. The molecule has 20 heavy (non-hydrogen) atoms. The summed E-state index contributed by atoms with van der Waals surface area (Å²) in [5.74, 6) is 1.44. The topological polar surface area (TPSA) is 18.5 Å². The Balaban J connectivity index is 2.34. The van der Waals surface area contributed by atoms with E-state index in [0.717, 1.165) is 16.2 Å². The van der Waals surface area contributed by atoms with E-state index in [4.69, 9.17) is 32.7 Å². The molecule has 2 nitrogen and oxygen atoms in total. The molecule has 0 aliphatic heterocycles. The van der Waals surface area contributed by atoms with Crippen LogP contribution in [-0.2, 0) is 0 Å². The Kier molecular flexibility index (Phi) is 5.61. The largest absolute Gasteiger partial charge is 0.496 e. The number of halogens is 3. The van der Waals surface area contributed by atoms with E-state index in [0.29, 0.717) is 22.4 Å². The summed E-state index contributed by atoms with van der Waals surface area (Å²) < 4.78 is 10.6. The molecular weight excluding hydrogens is 383 g/mol. The van der Waals surface area contributed by atoms with E-state index in [2.05, 4.69) is 15.9 Å². The van der Waals surface area contributed by atoms with Crippen LogP contribution in [0.1, 0.15) is 22.2 Å². The third kappa shape index (κ3) is 3.42. The van der Waals surface area contributed by atoms with Crippen molar-refractivity contribution in [1.82, 2.24) is 0 Å². The van der Waals surface area contributed by atoms with E-state index >= 15 is 0 Å². The highest BCUT2D eigenvalue weighted by atomic mass is 79.9. The molecule has 1 aromatic heterocycles. The Morgan fingerprint density at radius 2 is 2.00 bits per heavy atom. The summed E-state index contributed by atoms with van der Waals surface area (Å²) in [5, 5.41) is 3.12. The molecule has 6 heteroatoms. The summed E-state index contributed by atoms with van der Waals surface area (Å²) in [6.07, 6.45) is 0. The van der Waals surface area contributed by atoms with E-state index in [1.165, 1.54) is 0 Å². The van der Waals surface area contributed by atoms with Crippen LogP contribution in [0, 0.1) is 0 Å². The molecule has 0 saturated carbocycles.